The van der Waals surface area contributed by atoms with Gasteiger partial charge in [-0.15, -0.1) is 13.2 Å². The predicted octanol–water partition coefficient (Wildman–Crippen LogP) is 3.83. The lowest BCUT2D eigenvalue weighted by molar-refractivity contribution is -0.274. The highest BCUT2D eigenvalue weighted by molar-refractivity contribution is 5.92. The fourth-order valence-electron chi connectivity index (χ4n) is 2.14. The van der Waals surface area contributed by atoms with E-state index in [0.717, 1.165) is 16.9 Å². The van der Waals surface area contributed by atoms with Gasteiger partial charge in [0.1, 0.15) is 11.5 Å². The van der Waals surface area contributed by atoms with Crippen molar-refractivity contribution in [2.24, 2.45) is 10.7 Å². The van der Waals surface area contributed by atoms with Crippen molar-refractivity contribution in [3.8, 4) is 11.5 Å². The number of benzene rings is 2. The molecule has 8 heteroatoms. The summed E-state index contributed by atoms with van der Waals surface area (Å²) >= 11 is 0. The van der Waals surface area contributed by atoms with Crippen LogP contribution in [0.25, 0.3) is 0 Å². The molecule has 5 nitrogen and oxygen atoms in total. The SMILES string of the molecule is COc1cc(C)cc(CN=C(N)Nc2ccc(OC(F)(F)F)cc2)c1. The van der Waals surface area contributed by atoms with E-state index >= 15 is 0 Å². The Labute approximate surface area is 143 Å². The highest BCUT2D eigenvalue weighted by Gasteiger charge is 2.30. The molecular formula is C17H18F3N3O2. The maximum Gasteiger partial charge on any atom is 0.573 e. The molecule has 0 aliphatic carbocycles. The molecule has 0 atom stereocenters. The van der Waals surface area contributed by atoms with E-state index in [1.165, 1.54) is 24.3 Å². The molecule has 0 radical (unpaired) electrons. The third-order valence-electron chi connectivity index (χ3n) is 3.14. The van der Waals surface area contributed by atoms with E-state index in [9.17, 15) is 13.2 Å². The van der Waals surface area contributed by atoms with E-state index < -0.39 is 6.36 Å². The Morgan fingerprint density at radius 1 is 1.12 bits per heavy atom. The Balaban J connectivity index is 1.98. The van der Waals surface area contributed by atoms with Crippen molar-refractivity contribution in [3.05, 3.63) is 53.6 Å². The molecule has 0 aromatic heterocycles. The molecule has 0 bridgehead atoms. The van der Waals surface area contributed by atoms with Crippen LogP contribution >= 0.6 is 0 Å². The van der Waals surface area contributed by atoms with E-state index in [2.05, 4.69) is 15.0 Å². The number of methoxy groups -OCH3 is 1. The van der Waals surface area contributed by atoms with Gasteiger partial charge in [-0.25, -0.2) is 4.99 Å². The van der Waals surface area contributed by atoms with Gasteiger partial charge in [0.15, 0.2) is 5.96 Å². The van der Waals surface area contributed by atoms with Crippen molar-refractivity contribution in [2.45, 2.75) is 19.8 Å². The van der Waals surface area contributed by atoms with Crippen LogP contribution in [0, 0.1) is 6.92 Å². The first-order valence-electron chi connectivity index (χ1n) is 7.32. The van der Waals surface area contributed by atoms with Crippen LogP contribution in [-0.2, 0) is 6.54 Å². The van der Waals surface area contributed by atoms with Crippen molar-refractivity contribution in [1.82, 2.24) is 0 Å². The molecule has 3 N–H and O–H groups in total. The summed E-state index contributed by atoms with van der Waals surface area (Å²) in [6.45, 7) is 2.29. The monoisotopic (exact) mass is 353 g/mol. The van der Waals surface area contributed by atoms with E-state index in [0.29, 0.717) is 12.2 Å². The molecule has 2 aromatic carbocycles. The molecule has 0 spiro atoms. The smallest absolute Gasteiger partial charge is 0.497 e. The topological polar surface area (TPSA) is 68.9 Å². The van der Waals surface area contributed by atoms with Gasteiger partial charge in [0.2, 0.25) is 0 Å². The summed E-state index contributed by atoms with van der Waals surface area (Å²) in [6.07, 6.45) is -4.72. The van der Waals surface area contributed by atoms with Crippen LogP contribution in [0.3, 0.4) is 0 Å². The minimum atomic E-state index is -4.72. The molecule has 0 fully saturated rings. The number of rotatable bonds is 5. The van der Waals surface area contributed by atoms with Gasteiger partial charge in [-0.2, -0.15) is 0 Å². The van der Waals surface area contributed by atoms with Crippen molar-refractivity contribution < 1.29 is 22.6 Å². The molecule has 2 rings (SSSR count). The highest BCUT2D eigenvalue weighted by Crippen LogP contribution is 2.24. The van der Waals surface area contributed by atoms with Crippen LogP contribution in [-0.4, -0.2) is 19.4 Å². The van der Waals surface area contributed by atoms with Crippen molar-refractivity contribution >= 4 is 11.6 Å². The van der Waals surface area contributed by atoms with E-state index in [1.807, 2.05) is 25.1 Å². The quantitative estimate of drug-likeness (QED) is 0.633. The number of nitrogens with two attached hydrogens (primary N) is 1. The third-order valence-corrected chi connectivity index (χ3v) is 3.14. The lowest BCUT2D eigenvalue weighted by Crippen LogP contribution is -2.22. The normalized spacial score (nSPS) is 12.0. The molecule has 0 aliphatic heterocycles. The van der Waals surface area contributed by atoms with Crippen molar-refractivity contribution in [1.29, 1.82) is 0 Å². The second-order valence-electron chi connectivity index (χ2n) is 5.26. The van der Waals surface area contributed by atoms with Crippen LogP contribution in [0.5, 0.6) is 11.5 Å². The Morgan fingerprint density at radius 3 is 2.40 bits per heavy atom. The highest BCUT2D eigenvalue weighted by atomic mass is 19.4. The molecule has 134 valence electrons. The van der Waals surface area contributed by atoms with Gasteiger partial charge >= 0.3 is 6.36 Å². The number of alkyl halides is 3. The molecule has 0 saturated heterocycles. The van der Waals surface area contributed by atoms with E-state index in [1.54, 1.807) is 7.11 Å². The second-order valence-corrected chi connectivity index (χ2v) is 5.26. The number of halogens is 3. The standard InChI is InChI=1S/C17H18F3N3O2/c1-11-7-12(9-15(8-11)24-2)10-22-16(21)23-13-3-5-14(6-4-13)25-17(18,19)20/h3-9H,10H2,1-2H3,(H3,21,22,23). The first-order valence-corrected chi connectivity index (χ1v) is 7.32. The summed E-state index contributed by atoms with van der Waals surface area (Å²) in [4.78, 5) is 4.20. The van der Waals surface area contributed by atoms with Gasteiger partial charge < -0.3 is 20.5 Å². The van der Waals surface area contributed by atoms with Crippen LogP contribution in [0.4, 0.5) is 18.9 Å². The summed E-state index contributed by atoms with van der Waals surface area (Å²) in [5, 5.41) is 2.81. The number of aryl methyl sites for hydroxylation is 1. The Morgan fingerprint density at radius 2 is 1.80 bits per heavy atom. The fraction of sp³-hybridized carbons (Fsp3) is 0.235. The Hall–Kier alpha value is -2.90. The number of hydrogen-bond donors (Lipinski definition) is 2. The Bertz CT molecular complexity index is 744. The number of anilines is 1. The summed E-state index contributed by atoms with van der Waals surface area (Å²) in [5.41, 5.74) is 8.26. The molecule has 0 heterocycles. The average Bonchev–Trinajstić information content (AvgIpc) is 2.53. The molecule has 0 aliphatic rings. The predicted molar refractivity (Wildman–Crippen MR) is 89.8 cm³/mol. The van der Waals surface area contributed by atoms with Gasteiger partial charge in [0.25, 0.3) is 0 Å². The maximum absolute atomic E-state index is 12.1. The largest absolute Gasteiger partial charge is 0.573 e. The first-order chi connectivity index (χ1) is 11.7. The molecule has 0 unspecified atom stereocenters. The van der Waals surface area contributed by atoms with Gasteiger partial charge in [0.05, 0.1) is 13.7 Å². The molecule has 0 amide bonds. The zero-order valence-electron chi connectivity index (χ0n) is 13.7. The number of nitrogens with zero attached hydrogens (tertiary/aromatic N) is 1. The molecule has 0 saturated carbocycles. The summed E-state index contributed by atoms with van der Waals surface area (Å²) < 4.78 is 45.3. The first kappa shape index (κ1) is 18.4. The zero-order valence-corrected chi connectivity index (χ0v) is 13.7. The average molecular weight is 353 g/mol. The van der Waals surface area contributed by atoms with Gasteiger partial charge in [-0.3, -0.25) is 0 Å². The van der Waals surface area contributed by atoms with Crippen molar-refractivity contribution in [2.75, 3.05) is 12.4 Å². The molecular weight excluding hydrogens is 335 g/mol. The summed E-state index contributed by atoms with van der Waals surface area (Å²) in [7, 11) is 1.59. The Kier molecular flexibility index (Phi) is 5.74. The second kappa shape index (κ2) is 7.78. The summed E-state index contributed by atoms with van der Waals surface area (Å²) in [5.74, 6) is 0.572. The molecule has 25 heavy (non-hydrogen) atoms. The van der Waals surface area contributed by atoms with Crippen molar-refractivity contribution in [3.63, 3.8) is 0 Å². The van der Waals surface area contributed by atoms with E-state index in [-0.39, 0.29) is 11.7 Å². The minimum absolute atomic E-state index is 0.143. The zero-order chi connectivity index (χ0) is 18.4. The van der Waals surface area contributed by atoms with Crippen LogP contribution in [0.15, 0.2) is 47.5 Å². The van der Waals surface area contributed by atoms with Gasteiger partial charge in [0, 0.05) is 5.69 Å². The number of ether oxygens (including phenoxy) is 2. The number of guanidine groups is 1. The van der Waals surface area contributed by atoms with Crippen LogP contribution < -0.4 is 20.5 Å². The number of hydrogen-bond acceptors (Lipinski definition) is 3. The lowest BCUT2D eigenvalue weighted by Gasteiger charge is -2.10. The number of nitrogens with one attached hydrogen (secondary N) is 1. The summed E-state index contributed by atoms with van der Waals surface area (Å²) in [6, 6.07) is 10.9. The number of aliphatic imine (C=N–C) groups is 1. The van der Waals surface area contributed by atoms with Crippen LogP contribution in [0.2, 0.25) is 0 Å². The molecule has 2 aromatic rings. The van der Waals surface area contributed by atoms with E-state index in [4.69, 9.17) is 10.5 Å². The third kappa shape index (κ3) is 6.25. The minimum Gasteiger partial charge on any atom is -0.497 e. The van der Waals surface area contributed by atoms with Gasteiger partial charge in [-0.05, 0) is 54.4 Å². The maximum atomic E-state index is 12.1. The lowest BCUT2D eigenvalue weighted by atomic mass is 10.1. The van der Waals surface area contributed by atoms with Crippen LogP contribution in [0.1, 0.15) is 11.1 Å². The van der Waals surface area contributed by atoms with Gasteiger partial charge in [-0.1, -0.05) is 6.07 Å². The fourth-order valence-corrected chi connectivity index (χ4v) is 2.14.